The highest BCUT2D eigenvalue weighted by molar-refractivity contribution is 5.66. The Balaban J connectivity index is 2.27. The number of aryl methyl sites for hydroxylation is 1. The van der Waals surface area contributed by atoms with Gasteiger partial charge in [0.1, 0.15) is 0 Å². The summed E-state index contributed by atoms with van der Waals surface area (Å²) >= 11 is 0. The van der Waals surface area contributed by atoms with E-state index in [1.807, 2.05) is 55.5 Å². The van der Waals surface area contributed by atoms with Crippen LogP contribution in [0, 0.1) is 12.1 Å². The van der Waals surface area contributed by atoms with Gasteiger partial charge in [-0.2, -0.15) is 4.73 Å². The highest BCUT2D eigenvalue weighted by Crippen LogP contribution is 2.06. The normalized spacial score (nSPS) is 10.8. The summed E-state index contributed by atoms with van der Waals surface area (Å²) < 4.78 is 0.867. The summed E-state index contributed by atoms with van der Waals surface area (Å²) in [6.07, 6.45) is 5.29. The fraction of sp³-hybridized carbons (Fsp3) is 0.0714. The molecule has 2 heteroatoms. The Morgan fingerprint density at radius 2 is 1.81 bits per heavy atom. The van der Waals surface area contributed by atoms with Crippen molar-refractivity contribution >= 4 is 12.2 Å². The number of nitrogens with zero attached hydrogens (tertiary/aromatic N) is 1. The van der Waals surface area contributed by atoms with Crippen LogP contribution in [0.5, 0.6) is 0 Å². The van der Waals surface area contributed by atoms with E-state index in [-0.39, 0.29) is 0 Å². The van der Waals surface area contributed by atoms with Crippen LogP contribution in [-0.2, 0) is 0 Å². The second-order valence-electron chi connectivity index (χ2n) is 3.70. The zero-order chi connectivity index (χ0) is 11.4. The fourth-order valence-electron chi connectivity index (χ4n) is 1.48. The molecule has 2 nitrogen and oxygen atoms in total. The van der Waals surface area contributed by atoms with Gasteiger partial charge in [-0.15, -0.1) is 0 Å². The first-order valence-electron chi connectivity index (χ1n) is 5.19. The molecule has 2 rings (SSSR count). The van der Waals surface area contributed by atoms with Crippen molar-refractivity contribution in [2.45, 2.75) is 6.92 Å². The van der Waals surface area contributed by atoms with Crippen LogP contribution in [0.25, 0.3) is 12.2 Å². The van der Waals surface area contributed by atoms with Crippen molar-refractivity contribution in [3.05, 3.63) is 70.7 Å². The highest BCUT2D eigenvalue weighted by atomic mass is 16.5. The molecule has 0 spiro atoms. The zero-order valence-corrected chi connectivity index (χ0v) is 9.13. The monoisotopic (exact) mass is 211 g/mol. The first kappa shape index (κ1) is 10.4. The van der Waals surface area contributed by atoms with Crippen molar-refractivity contribution in [3.8, 4) is 0 Å². The molecule has 0 unspecified atom stereocenters. The van der Waals surface area contributed by atoms with Crippen LogP contribution in [0.1, 0.15) is 16.8 Å². The summed E-state index contributed by atoms with van der Waals surface area (Å²) in [4.78, 5) is 0. The average molecular weight is 211 g/mol. The van der Waals surface area contributed by atoms with Crippen LogP contribution >= 0.6 is 0 Å². The number of pyridine rings is 1. The minimum atomic E-state index is 0.656. The predicted molar refractivity (Wildman–Crippen MR) is 65.5 cm³/mol. The molecule has 1 aromatic heterocycles. The lowest BCUT2D eigenvalue weighted by atomic mass is 10.2. The summed E-state index contributed by atoms with van der Waals surface area (Å²) in [6, 6.07) is 13.6. The van der Waals surface area contributed by atoms with Crippen molar-refractivity contribution in [2.24, 2.45) is 0 Å². The smallest absolute Gasteiger partial charge is 0.216 e. The van der Waals surface area contributed by atoms with Gasteiger partial charge in [-0.25, -0.2) is 0 Å². The molecule has 0 fully saturated rings. The quantitative estimate of drug-likeness (QED) is 0.554. The minimum absolute atomic E-state index is 0.656. The van der Waals surface area contributed by atoms with Crippen LogP contribution < -0.4 is 4.73 Å². The van der Waals surface area contributed by atoms with E-state index in [0.29, 0.717) is 5.69 Å². The number of aromatic nitrogens is 1. The summed E-state index contributed by atoms with van der Waals surface area (Å²) in [5.74, 6) is 0. The summed E-state index contributed by atoms with van der Waals surface area (Å²) in [5, 5.41) is 11.5. The summed E-state index contributed by atoms with van der Waals surface area (Å²) in [6.45, 7) is 1.97. The van der Waals surface area contributed by atoms with Gasteiger partial charge in [0.15, 0.2) is 6.20 Å². The van der Waals surface area contributed by atoms with Gasteiger partial charge in [-0.1, -0.05) is 30.3 Å². The molecule has 16 heavy (non-hydrogen) atoms. The van der Waals surface area contributed by atoms with Crippen molar-refractivity contribution < 1.29 is 4.73 Å². The van der Waals surface area contributed by atoms with E-state index in [1.165, 1.54) is 6.20 Å². The van der Waals surface area contributed by atoms with Gasteiger partial charge in [0.2, 0.25) is 5.69 Å². The van der Waals surface area contributed by atoms with Crippen molar-refractivity contribution in [2.75, 3.05) is 0 Å². The maximum atomic E-state index is 11.5. The largest absolute Gasteiger partial charge is 0.618 e. The van der Waals surface area contributed by atoms with E-state index in [2.05, 4.69) is 0 Å². The zero-order valence-electron chi connectivity index (χ0n) is 9.13. The van der Waals surface area contributed by atoms with E-state index >= 15 is 0 Å². The van der Waals surface area contributed by atoms with E-state index in [9.17, 15) is 5.21 Å². The molecular weight excluding hydrogens is 198 g/mol. The van der Waals surface area contributed by atoms with Gasteiger partial charge in [0, 0.05) is 18.2 Å². The number of hydrogen-bond acceptors (Lipinski definition) is 1. The Morgan fingerprint density at radius 3 is 2.56 bits per heavy atom. The Labute approximate surface area is 95.1 Å². The molecule has 0 atom stereocenters. The molecule has 2 aromatic rings. The highest BCUT2D eigenvalue weighted by Gasteiger charge is 1.99. The van der Waals surface area contributed by atoms with E-state index in [1.54, 1.807) is 6.07 Å². The van der Waals surface area contributed by atoms with Crippen LogP contribution in [0.15, 0.2) is 48.7 Å². The lowest BCUT2D eigenvalue weighted by Gasteiger charge is -2.00. The van der Waals surface area contributed by atoms with Crippen molar-refractivity contribution in [3.63, 3.8) is 0 Å². The Bertz CT molecular complexity index is 503. The van der Waals surface area contributed by atoms with Gasteiger partial charge in [-0.05, 0) is 24.1 Å². The second-order valence-corrected chi connectivity index (χ2v) is 3.70. The first-order chi connectivity index (χ1) is 7.75. The topological polar surface area (TPSA) is 26.9 Å². The lowest BCUT2D eigenvalue weighted by molar-refractivity contribution is -0.607. The molecule has 0 saturated carbocycles. The number of benzene rings is 1. The van der Waals surface area contributed by atoms with Crippen LogP contribution in [-0.4, -0.2) is 0 Å². The maximum Gasteiger partial charge on any atom is 0.216 e. The van der Waals surface area contributed by atoms with Gasteiger partial charge in [0.05, 0.1) is 0 Å². The molecule has 0 aliphatic carbocycles. The van der Waals surface area contributed by atoms with E-state index < -0.39 is 0 Å². The van der Waals surface area contributed by atoms with Gasteiger partial charge in [-0.3, -0.25) is 0 Å². The molecule has 0 aliphatic rings. The minimum Gasteiger partial charge on any atom is -0.618 e. The van der Waals surface area contributed by atoms with Gasteiger partial charge >= 0.3 is 0 Å². The van der Waals surface area contributed by atoms with Crippen LogP contribution in [0.4, 0.5) is 0 Å². The molecule has 0 saturated heterocycles. The summed E-state index contributed by atoms with van der Waals surface area (Å²) in [7, 11) is 0. The Kier molecular flexibility index (Phi) is 3.01. The Morgan fingerprint density at radius 1 is 1.06 bits per heavy atom. The molecule has 0 radical (unpaired) electrons. The molecule has 1 heterocycles. The maximum absolute atomic E-state index is 11.5. The first-order valence-corrected chi connectivity index (χ1v) is 5.19. The van der Waals surface area contributed by atoms with Gasteiger partial charge < -0.3 is 5.21 Å². The van der Waals surface area contributed by atoms with E-state index in [0.717, 1.165) is 15.9 Å². The predicted octanol–water partition coefficient (Wildman–Crippen LogP) is 2.80. The molecule has 0 aliphatic heterocycles. The number of hydrogen-bond donors (Lipinski definition) is 0. The lowest BCUT2D eigenvalue weighted by Crippen LogP contribution is -2.28. The standard InChI is InChI=1S/C14H13NO/c1-12-9-10-15(16)14(11-12)8-7-13-5-3-2-4-6-13/h2-11H,1H3/b8-7+. The third kappa shape index (κ3) is 2.48. The fourth-order valence-corrected chi connectivity index (χ4v) is 1.48. The molecular formula is C14H13NO. The van der Waals surface area contributed by atoms with Crippen molar-refractivity contribution in [1.29, 1.82) is 0 Å². The molecule has 0 bridgehead atoms. The average Bonchev–Trinajstić information content (AvgIpc) is 2.32. The second kappa shape index (κ2) is 4.62. The summed E-state index contributed by atoms with van der Waals surface area (Å²) in [5.41, 5.74) is 2.83. The molecule has 1 aromatic carbocycles. The molecule has 80 valence electrons. The van der Waals surface area contributed by atoms with Crippen LogP contribution in [0.3, 0.4) is 0 Å². The van der Waals surface area contributed by atoms with E-state index in [4.69, 9.17) is 0 Å². The Hall–Kier alpha value is -2.09. The van der Waals surface area contributed by atoms with Crippen LogP contribution in [0.2, 0.25) is 0 Å². The van der Waals surface area contributed by atoms with Gasteiger partial charge in [0.25, 0.3) is 0 Å². The number of rotatable bonds is 2. The van der Waals surface area contributed by atoms with Crippen molar-refractivity contribution in [1.82, 2.24) is 0 Å². The SMILES string of the molecule is Cc1cc[n+]([O-])c(/C=C/c2ccccc2)c1. The third-order valence-corrected chi connectivity index (χ3v) is 2.35. The third-order valence-electron chi connectivity index (χ3n) is 2.35. The molecule has 0 N–H and O–H groups in total. The molecule has 0 amide bonds.